The van der Waals surface area contributed by atoms with Gasteiger partial charge in [0, 0.05) is 25.1 Å². The van der Waals surface area contributed by atoms with Crippen LogP contribution in [0.1, 0.15) is 38.0 Å². The molecule has 1 aliphatic rings. The zero-order valence-corrected chi connectivity index (χ0v) is 12.5. The Balaban J connectivity index is 1.75. The summed E-state index contributed by atoms with van der Waals surface area (Å²) in [6.45, 7) is 3.28. The summed E-state index contributed by atoms with van der Waals surface area (Å²) in [4.78, 5) is 13.7. The highest BCUT2D eigenvalue weighted by atomic mass is 19.1. The summed E-state index contributed by atoms with van der Waals surface area (Å²) < 4.78 is 18.7. The molecule has 22 heavy (non-hydrogen) atoms. The Morgan fingerprint density at radius 2 is 2.14 bits per heavy atom. The molecule has 2 aromatic rings. The van der Waals surface area contributed by atoms with Crippen molar-refractivity contribution >= 4 is 5.91 Å². The lowest BCUT2D eigenvalue weighted by Crippen LogP contribution is -2.38. The topological polar surface area (TPSA) is 59.2 Å². The van der Waals surface area contributed by atoms with Gasteiger partial charge in [-0.1, -0.05) is 6.92 Å². The molecule has 1 atom stereocenters. The van der Waals surface area contributed by atoms with Gasteiger partial charge in [0.25, 0.3) is 0 Å². The number of piperidine rings is 1. The number of nitrogens with zero attached hydrogens (tertiary/aromatic N) is 3. The third-order valence-corrected chi connectivity index (χ3v) is 3.96. The molecule has 1 saturated heterocycles. The van der Waals surface area contributed by atoms with Gasteiger partial charge in [0.2, 0.25) is 17.7 Å². The fraction of sp³-hybridized carbons (Fsp3) is 0.438. The smallest absolute Gasteiger partial charge is 0.247 e. The van der Waals surface area contributed by atoms with Crippen molar-refractivity contribution in [3.05, 3.63) is 36.0 Å². The van der Waals surface area contributed by atoms with Gasteiger partial charge in [-0.3, -0.25) is 4.79 Å². The van der Waals surface area contributed by atoms with Gasteiger partial charge in [-0.25, -0.2) is 4.39 Å². The molecule has 0 bridgehead atoms. The Hall–Kier alpha value is -2.24. The second-order valence-corrected chi connectivity index (χ2v) is 5.48. The third kappa shape index (κ3) is 3.00. The van der Waals surface area contributed by atoms with Crippen LogP contribution in [0.3, 0.4) is 0 Å². The molecule has 1 fully saturated rings. The number of benzene rings is 1. The number of amides is 1. The molecular weight excluding hydrogens is 285 g/mol. The number of aromatic nitrogens is 2. The first kappa shape index (κ1) is 14.7. The van der Waals surface area contributed by atoms with Crippen molar-refractivity contribution in [1.82, 2.24) is 15.1 Å². The summed E-state index contributed by atoms with van der Waals surface area (Å²) in [5, 5.41) is 8.15. The third-order valence-electron chi connectivity index (χ3n) is 3.96. The summed E-state index contributed by atoms with van der Waals surface area (Å²) in [5.74, 6) is 0.861. The van der Waals surface area contributed by atoms with E-state index in [0.717, 1.165) is 19.4 Å². The fourth-order valence-corrected chi connectivity index (χ4v) is 2.74. The predicted molar refractivity (Wildman–Crippen MR) is 78.5 cm³/mol. The Morgan fingerprint density at radius 3 is 2.86 bits per heavy atom. The van der Waals surface area contributed by atoms with Gasteiger partial charge >= 0.3 is 0 Å². The molecule has 1 aromatic heterocycles. The van der Waals surface area contributed by atoms with E-state index in [-0.39, 0.29) is 17.6 Å². The number of carbonyl (C=O) groups is 1. The van der Waals surface area contributed by atoms with Gasteiger partial charge in [0.1, 0.15) is 5.82 Å². The number of hydrogen-bond acceptors (Lipinski definition) is 4. The minimum atomic E-state index is -0.301. The maximum atomic E-state index is 12.9. The molecule has 116 valence electrons. The van der Waals surface area contributed by atoms with Gasteiger partial charge in [0.15, 0.2) is 0 Å². The molecule has 0 aliphatic carbocycles. The first-order valence-corrected chi connectivity index (χ1v) is 7.54. The van der Waals surface area contributed by atoms with Crippen LogP contribution in [-0.2, 0) is 4.79 Å². The van der Waals surface area contributed by atoms with Crippen molar-refractivity contribution in [2.45, 2.75) is 32.1 Å². The van der Waals surface area contributed by atoms with Gasteiger partial charge in [-0.05, 0) is 37.1 Å². The summed E-state index contributed by atoms with van der Waals surface area (Å²) in [6.07, 6.45) is 2.38. The van der Waals surface area contributed by atoms with Crippen LogP contribution in [0.4, 0.5) is 4.39 Å². The Morgan fingerprint density at radius 1 is 1.36 bits per heavy atom. The van der Waals surface area contributed by atoms with Crippen LogP contribution in [0.25, 0.3) is 11.5 Å². The SMILES string of the molecule is CCC(=O)N1CCC[C@H](c2nnc(-c3ccc(F)cc3)o2)C1. The molecule has 5 nitrogen and oxygen atoms in total. The molecule has 1 amide bonds. The largest absolute Gasteiger partial charge is 0.420 e. The highest BCUT2D eigenvalue weighted by Crippen LogP contribution is 2.28. The summed E-state index contributed by atoms with van der Waals surface area (Å²) in [5.41, 5.74) is 0.692. The van der Waals surface area contributed by atoms with Crippen molar-refractivity contribution in [2.24, 2.45) is 0 Å². The lowest BCUT2D eigenvalue weighted by molar-refractivity contribution is -0.132. The molecule has 3 rings (SSSR count). The average molecular weight is 303 g/mol. The second-order valence-electron chi connectivity index (χ2n) is 5.48. The van der Waals surface area contributed by atoms with Crippen LogP contribution in [0.15, 0.2) is 28.7 Å². The summed E-state index contributed by atoms with van der Waals surface area (Å²) in [6, 6.07) is 5.95. The second kappa shape index (κ2) is 6.25. The molecular formula is C16H18FN3O2. The molecule has 1 aromatic carbocycles. The Kier molecular flexibility index (Phi) is 4.18. The van der Waals surface area contributed by atoms with Gasteiger partial charge in [0.05, 0.1) is 5.92 Å². The first-order chi connectivity index (χ1) is 10.7. The number of carbonyl (C=O) groups excluding carboxylic acids is 1. The van der Waals surface area contributed by atoms with E-state index in [1.807, 2.05) is 11.8 Å². The van der Waals surface area contributed by atoms with E-state index in [1.54, 1.807) is 12.1 Å². The van der Waals surface area contributed by atoms with Crippen LogP contribution in [-0.4, -0.2) is 34.1 Å². The highest BCUT2D eigenvalue weighted by Gasteiger charge is 2.27. The molecule has 0 saturated carbocycles. The number of likely N-dealkylation sites (tertiary alicyclic amines) is 1. The van der Waals surface area contributed by atoms with E-state index >= 15 is 0 Å². The minimum Gasteiger partial charge on any atom is -0.420 e. The minimum absolute atomic E-state index is 0.0750. The number of hydrogen-bond donors (Lipinski definition) is 0. The van der Waals surface area contributed by atoms with Crippen molar-refractivity contribution in [2.75, 3.05) is 13.1 Å². The lowest BCUT2D eigenvalue weighted by Gasteiger charge is -2.30. The van der Waals surface area contributed by atoms with Crippen LogP contribution in [0.5, 0.6) is 0 Å². The van der Waals surface area contributed by atoms with E-state index in [2.05, 4.69) is 10.2 Å². The number of halogens is 1. The molecule has 6 heteroatoms. The van der Waals surface area contributed by atoms with E-state index in [9.17, 15) is 9.18 Å². The monoisotopic (exact) mass is 303 g/mol. The van der Waals surface area contributed by atoms with Crippen molar-refractivity contribution in [3.63, 3.8) is 0 Å². The zero-order valence-electron chi connectivity index (χ0n) is 12.5. The Labute approximate surface area is 128 Å². The quantitative estimate of drug-likeness (QED) is 0.874. The van der Waals surface area contributed by atoms with Gasteiger partial charge < -0.3 is 9.32 Å². The van der Waals surface area contributed by atoms with Crippen LogP contribution in [0.2, 0.25) is 0 Å². The van der Waals surface area contributed by atoms with E-state index < -0.39 is 0 Å². The van der Waals surface area contributed by atoms with Crippen LogP contribution in [0, 0.1) is 5.82 Å². The zero-order chi connectivity index (χ0) is 15.5. The molecule has 2 heterocycles. The molecule has 1 aliphatic heterocycles. The van der Waals surface area contributed by atoms with Crippen molar-refractivity contribution in [1.29, 1.82) is 0 Å². The fourth-order valence-electron chi connectivity index (χ4n) is 2.74. The Bertz CT molecular complexity index is 654. The van der Waals surface area contributed by atoms with E-state index in [1.165, 1.54) is 12.1 Å². The predicted octanol–water partition coefficient (Wildman–Crippen LogP) is 2.99. The lowest BCUT2D eigenvalue weighted by atomic mass is 9.98. The van der Waals surface area contributed by atoms with Gasteiger partial charge in [-0.15, -0.1) is 10.2 Å². The summed E-state index contributed by atoms with van der Waals surface area (Å²) in [7, 11) is 0. The van der Waals surface area contributed by atoms with E-state index in [0.29, 0.717) is 30.3 Å². The molecule has 0 unspecified atom stereocenters. The molecule has 0 N–H and O–H groups in total. The van der Waals surface area contributed by atoms with Gasteiger partial charge in [-0.2, -0.15) is 0 Å². The summed E-state index contributed by atoms with van der Waals surface area (Å²) >= 11 is 0. The number of rotatable bonds is 3. The highest BCUT2D eigenvalue weighted by molar-refractivity contribution is 5.75. The molecule has 0 radical (unpaired) electrons. The first-order valence-electron chi connectivity index (χ1n) is 7.54. The normalized spacial score (nSPS) is 18.5. The van der Waals surface area contributed by atoms with Crippen LogP contribution >= 0.6 is 0 Å². The van der Waals surface area contributed by atoms with E-state index in [4.69, 9.17) is 4.42 Å². The standard InChI is InChI=1S/C16H18FN3O2/c1-2-14(21)20-9-3-4-12(10-20)16-19-18-15(22-16)11-5-7-13(17)8-6-11/h5-8,12H,2-4,9-10H2,1H3/t12-/m0/s1. The maximum Gasteiger partial charge on any atom is 0.247 e. The van der Waals surface area contributed by atoms with Crippen LogP contribution < -0.4 is 0 Å². The van der Waals surface area contributed by atoms with Crippen molar-refractivity contribution in [3.8, 4) is 11.5 Å². The maximum absolute atomic E-state index is 12.9. The average Bonchev–Trinajstić information content (AvgIpc) is 3.05. The van der Waals surface area contributed by atoms with Crippen molar-refractivity contribution < 1.29 is 13.6 Å². The molecule has 0 spiro atoms.